The molecule has 0 atom stereocenters. The molecule has 3 rings (SSSR count). The summed E-state index contributed by atoms with van der Waals surface area (Å²) in [5, 5.41) is 4.00. The van der Waals surface area contributed by atoms with Crippen molar-refractivity contribution in [1.82, 2.24) is 24.6 Å². The molecular weight excluding hydrogens is 270 g/mol. The van der Waals surface area contributed by atoms with Crippen molar-refractivity contribution in [2.24, 2.45) is 5.41 Å². The van der Waals surface area contributed by atoms with Crippen molar-refractivity contribution in [2.45, 2.75) is 32.2 Å². The van der Waals surface area contributed by atoms with Crippen LogP contribution in [0.4, 0.5) is 0 Å². The number of rotatable bonds is 3. The molecule has 0 radical (unpaired) electrons. The Morgan fingerprint density at radius 3 is 2.71 bits per heavy atom. The van der Waals surface area contributed by atoms with Crippen molar-refractivity contribution < 1.29 is 9.59 Å². The number of hydrogen-bond acceptors (Lipinski definition) is 4. The summed E-state index contributed by atoms with van der Waals surface area (Å²) in [6.07, 6.45) is 6.05. The van der Waals surface area contributed by atoms with Gasteiger partial charge in [0.15, 0.2) is 0 Å². The molecule has 2 fully saturated rings. The van der Waals surface area contributed by atoms with E-state index in [0.29, 0.717) is 19.4 Å². The van der Waals surface area contributed by atoms with Gasteiger partial charge in [0.05, 0.1) is 6.54 Å². The molecule has 7 heteroatoms. The topological polar surface area (TPSA) is 71.3 Å². The first-order valence-corrected chi connectivity index (χ1v) is 7.42. The van der Waals surface area contributed by atoms with Gasteiger partial charge in [-0.15, -0.1) is 0 Å². The Kier molecular flexibility index (Phi) is 3.65. The lowest BCUT2D eigenvalue weighted by Crippen LogP contribution is -2.44. The summed E-state index contributed by atoms with van der Waals surface area (Å²) in [4.78, 5) is 31.5. The molecule has 2 saturated heterocycles. The molecule has 1 aromatic heterocycles. The van der Waals surface area contributed by atoms with Crippen LogP contribution >= 0.6 is 0 Å². The van der Waals surface area contributed by atoms with Gasteiger partial charge in [0.25, 0.3) is 0 Å². The molecule has 0 bridgehead atoms. The molecule has 1 aromatic rings. The van der Waals surface area contributed by atoms with Crippen molar-refractivity contribution in [3.63, 3.8) is 0 Å². The third kappa shape index (κ3) is 2.91. The Hall–Kier alpha value is -1.92. The third-order valence-corrected chi connectivity index (χ3v) is 4.72. The summed E-state index contributed by atoms with van der Waals surface area (Å²) in [5.41, 5.74) is 0.106. The first-order valence-electron chi connectivity index (χ1n) is 7.42. The van der Waals surface area contributed by atoms with E-state index < -0.39 is 0 Å². The summed E-state index contributed by atoms with van der Waals surface area (Å²) in [6, 6.07) is 0. The third-order valence-electron chi connectivity index (χ3n) is 4.72. The van der Waals surface area contributed by atoms with Crippen LogP contribution in [0, 0.1) is 5.41 Å². The first kappa shape index (κ1) is 14.0. The predicted octanol–water partition coefficient (Wildman–Crippen LogP) is 0.139. The zero-order valence-electron chi connectivity index (χ0n) is 12.4. The molecule has 0 N–H and O–H groups in total. The number of hydrogen-bond donors (Lipinski definition) is 0. The van der Waals surface area contributed by atoms with E-state index in [1.165, 1.54) is 6.33 Å². The zero-order chi connectivity index (χ0) is 14.9. The van der Waals surface area contributed by atoms with Crippen LogP contribution in [-0.4, -0.2) is 63.1 Å². The molecular formula is C14H21N5O2. The van der Waals surface area contributed by atoms with Gasteiger partial charge in [0.1, 0.15) is 12.7 Å². The minimum Gasteiger partial charge on any atom is -0.345 e. The summed E-state index contributed by atoms with van der Waals surface area (Å²) in [7, 11) is 1.87. The van der Waals surface area contributed by atoms with E-state index in [0.717, 1.165) is 32.5 Å². The molecule has 7 nitrogen and oxygen atoms in total. The second kappa shape index (κ2) is 5.46. The molecule has 0 aliphatic carbocycles. The van der Waals surface area contributed by atoms with Gasteiger partial charge in [0.2, 0.25) is 11.8 Å². The Morgan fingerprint density at radius 1 is 1.38 bits per heavy atom. The van der Waals surface area contributed by atoms with Gasteiger partial charge in [-0.2, -0.15) is 5.10 Å². The maximum Gasteiger partial charge on any atom is 0.224 e. The number of aryl methyl sites for hydroxylation is 1. The molecule has 2 aliphatic heterocycles. The number of nitrogens with zero attached hydrogens (tertiary/aromatic N) is 5. The molecule has 2 aliphatic rings. The van der Waals surface area contributed by atoms with Gasteiger partial charge in [0, 0.05) is 44.9 Å². The highest BCUT2D eigenvalue weighted by Crippen LogP contribution is 2.40. The summed E-state index contributed by atoms with van der Waals surface area (Å²) < 4.78 is 1.67. The Morgan fingerprint density at radius 2 is 2.14 bits per heavy atom. The van der Waals surface area contributed by atoms with Crippen molar-refractivity contribution in [2.75, 3.05) is 26.7 Å². The average molecular weight is 291 g/mol. The quantitative estimate of drug-likeness (QED) is 0.794. The van der Waals surface area contributed by atoms with Crippen molar-refractivity contribution in [1.29, 1.82) is 0 Å². The average Bonchev–Trinajstić information content (AvgIpc) is 3.07. The van der Waals surface area contributed by atoms with Gasteiger partial charge in [-0.3, -0.25) is 14.3 Å². The normalized spacial score (nSPS) is 21.3. The highest BCUT2D eigenvalue weighted by Gasteiger charge is 2.44. The largest absolute Gasteiger partial charge is 0.345 e. The lowest BCUT2D eigenvalue weighted by Gasteiger charge is -2.38. The lowest BCUT2D eigenvalue weighted by atomic mass is 9.77. The van der Waals surface area contributed by atoms with Crippen molar-refractivity contribution in [3.8, 4) is 0 Å². The van der Waals surface area contributed by atoms with Gasteiger partial charge < -0.3 is 9.80 Å². The SMILES string of the molecule is CN1CC2(CCN(C(=O)CCn3cncn3)CC2)CC1=O. The van der Waals surface area contributed by atoms with E-state index in [2.05, 4.69) is 10.1 Å². The molecule has 21 heavy (non-hydrogen) atoms. The fraction of sp³-hybridized carbons (Fsp3) is 0.714. The fourth-order valence-electron chi connectivity index (χ4n) is 3.38. The van der Waals surface area contributed by atoms with E-state index >= 15 is 0 Å². The Bertz CT molecular complexity index is 519. The van der Waals surface area contributed by atoms with Gasteiger partial charge in [-0.05, 0) is 12.8 Å². The van der Waals surface area contributed by atoms with Gasteiger partial charge in [-0.1, -0.05) is 0 Å². The van der Waals surface area contributed by atoms with Crippen LogP contribution in [0.5, 0.6) is 0 Å². The fourth-order valence-corrected chi connectivity index (χ4v) is 3.38. The van der Waals surface area contributed by atoms with Crippen LogP contribution in [0.25, 0.3) is 0 Å². The minimum atomic E-state index is 0.106. The summed E-state index contributed by atoms with van der Waals surface area (Å²) >= 11 is 0. The molecule has 0 unspecified atom stereocenters. The highest BCUT2D eigenvalue weighted by atomic mass is 16.2. The summed E-state index contributed by atoms with van der Waals surface area (Å²) in [5.74, 6) is 0.402. The Balaban J connectivity index is 1.49. The number of carbonyl (C=O) groups is 2. The molecule has 1 spiro atoms. The minimum absolute atomic E-state index is 0.106. The van der Waals surface area contributed by atoms with Crippen LogP contribution < -0.4 is 0 Å². The number of piperidine rings is 1. The van der Waals surface area contributed by atoms with E-state index in [1.54, 1.807) is 11.0 Å². The number of likely N-dealkylation sites (tertiary alicyclic amines) is 2. The summed E-state index contributed by atoms with van der Waals surface area (Å²) in [6.45, 7) is 2.93. The van der Waals surface area contributed by atoms with Gasteiger partial charge in [-0.25, -0.2) is 4.98 Å². The molecule has 2 amide bonds. The van der Waals surface area contributed by atoms with Crippen LogP contribution in [0.15, 0.2) is 12.7 Å². The van der Waals surface area contributed by atoms with Crippen LogP contribution in [0.3, 0.4) is 0 Å². The van der Waals surface area contributed by atoms with E-state index in [-0.39, 0.29) is 17.2 Å². The number of aromatic nitrogens is 3. The predicted molar refractivity (Wildman–Crippen MR) is 75.1 cm³/mol. The monoisotopic (exact) mass is 291 g/mol. The number of amides is 2. The molecule has 0 aromatic carbocycles. The first-order chi connectivity index (χ1) is 10.1. The second-order valence-corrected chi connectivity index (χ2v) is 6.22. The zero-order valence-corrected chi connectivity index (χ0v) is 12.4. The van der Waals surface area contributed by atoms with E-state index in [1.807, 2.05) is 16.8 Å². The maximum atomic E-state index is 12.2. The Labute approximate surface area is 123 Å². The van der Waals surface area contributed by atoms with Crippen LogP contribution in [0.2, 0.25) is 0 Å². The standard InChI is InChI=1S/C14H21N5O2/c1-17-9-14(8-13(17)21)3-6-18(7-4-14)12(20)2-5-19-11-15-10-16-19/h10-11H,2-9H2,1H3. The van der Waals surface area contributed by atoms with E-state index in [4.69, 9.17) is 0 Å². The van der Waals surface area contributed by atoms with Gasteiger partial charge >= 0.3 is 0 Å². The highest BCUT2D eigenvalue weighted by molar-refractivity contribution is 5.79. The van der Waals surface area contributed by atoms with Crippen molar-refractivity contribution in [3.05, 3.63) is 12.7 Å². The van der Waals surface area contributed by atoms with Crippen LogP contribution in [0.1, 0.15) is 25.7 Å². The van der Waals surface area contributed by atoms with E-state index in [9.17, 15) is 9.59 Å². The smallest absolute Gasteiger partial charge is 0.224 e. The maximum absolute atomic E-state index is 12.2. The second-order valence-electron chi connectivity index (χ2n) is 6.22. The van der Waals surface area contributed by atoms with Crippen molar-refractivity contribution >= 4 is 11.8 Å². The number of carbonyl (C=O) groups excluding carboxylic acids is 2. The molecule has 114 valence electrons. The molecule has 3 heterocycles. The molecule has 0 saturated carbocycles. The van der Waals surface area contributed by atoms with Crippen LogP contribution in [-0.2, 0) is 16.1 Å². The lowest BCUT2D eigenvalue weighted by molar-refractivity contribution is -0.133.